The minimum absolute atomic E-state index is 0.582. The minimum atomic E-state index is 0.582. The Labute approximate surface area is 246 Å². The zero-order valence-electron chi connectivity index (χ0n) is 22.3. The standard InChI is InChI=1S/C37H22ClN3O/c38-29-19-20-30-33(22-29)42-32-12-6-11-31(34(30)32)37-40-35(26-16-13-25(14-17-26)23-7-2-1-3-8-23)39-36(41-37)28-18-15-24-9-4-5-10-27(24)21-28/h1-22H. The van der Waals surface area contributed by atoms with E-state index in [1.807, 2.05) is 66.7 Å². The number of rotatable bonds is 4. The molecular formula is C37H22ClN3O. The molecular weight excluding hydrogens is 538 g/mol. The summed E-state index contributed by atoms with van der Waals surface area (Å²) in [4.78, 5) is 15.1. The van der Waals surface area contributed by atoms with E-state index in [9.17, 15) is 0 Å². The second-order valence-corrected chi connectivity index (χ2v) is 10.7. The summed E-state index contributed by atoms with van der Waals surface area (Å²) in [5.41, 5.74) is 6.50. The van der Waals surface area contributed by atoms with Crippen LogP contribution < -0.4 is 0 Å². The SMILES string of the molecule is Clc1ccc2c(c1)oc1cccc(-c3nc(-c4ccc(-c5ccccc5)cc4)nc(-c4ccc5ccccc5c4)n3)c12. The zero-order valence-corrected chi connectivity index (χ0v) is 23.1. The van der Waals surface area contributed by atoms with Crippen molar-refractivity contribution >= 4 is 44.3 Å². The first-order valence-corrected chi connectivity index (χ1v) is 14.1. The fourth-order valence-corrected chi connectivity index (χ4v) is 5.67. The molecule has 0 aliphatic carbocycles. The molecule has 4 nitrogen and oxygen atoms in total. The number of hydrogen-bond acceptors (Lipinski definition) is 4. The van der Waals surface area contributed by atoms with Crippen molar-refractivity contribution < 1.29 is 4.42 Å². The van der Waals surface area contributed by atoms with Gasteiger partial charge < -0.3 is 4.42 Å². The highest BCUT2D eigenvalue weighted by molar-refractivity contribution is 6.31. The van der Waals surface area contributed by atoms with Gasteiger partial charge in [-0.3, -0.25) is 0 Å². The Bertz CT molecular complexity index is 2260. The number of nitrogens with zero attached hydrogens (tertiary/aromatic N) is 3. The monoisotopic (exact) mass is 559 g/mol. The molecule has 0 atom stereocenters. The maximum Gasteiger partial charge on any atom is 0.164 e. The van der Waals surface area contributed by atoms with Gasteiger partial charge in [0.25, 0.3) is 0 Å². The quantitative estimate of drug-likeness (QED) is 0.215. The lowest BCUT2D eigenvalue weighted by molar-refractivity contribution is 0.669. The zero-order chi connectivity index (χ0) is 28.0. The van der Waals surface area contributed by atoms with Crippen LogP contribution in [0, 0.1) is 0 Å². The number of hydrogen-bond donors (Lipinski definition) is 0. The van der Waals surface area contributed by atoms with E-state index in [0.29, 0.717) is 22.5 Å². The van der Waals surface area contributed by atoms with Crippen LogP contribution in [0.3, 0.4) is 0 Å². The lowest BCUT2D eigenvalue weighted by Gasteiger charge is -2.10. The molecule has 2 heterocycles. The third-order valence-corrected chi connectivity index (χ3v) is 7.83. The van der Waals surface area contributed by atoms with Gasteiger partial charge in [-0.1, -0.05) is 115 Å². The third kappa shape index (κ3) is 4.30. The van der Waals surface area contributed by atoms with Crippen LogP contribution in [-0.2, 0) is 0 Å². The van der Waals surface area contributed by atoms with Crippen molar-refractivity contribution in [2.24, 2.45) is 0 Å². The first-order chi connectivity index (χ1) is 20.7. The van der Waals surface area contributed by atoms with Gasteiger partial charge in [-0.15, -0.1) is 0 Å². The fourth-order valence-electron chi connectivity index (χ4n) is 5.51. The lowest BCUT2D eigenvalue weighted by Crippen LogP contribution is -2.00. The first kappa shape index (κ1) is 24.5. The predicted octanol–water partition coefficient (Wildman–Crippen LogP) is 10.2. The second-order valence-electron chi connectivity index (χ2n) is 10.2. The molecule has 8 rings (SSSR count). The highest BCUT2D eigenvalue weighted by Gasteiger charge is 2.18. The summed E-state index contributed by atoms with van der Waals surface area (Å²) >= 11 is 6.28. The molecule has 0 spiro atoms. The summed E-state index contributed by atoms with van der Waals surface area (Å²) in [6.45, 7) is 0. The van der Waals surface area contributed by atoms with Gasteiger partial charge in [-0.25, -0.2) is 15.0 Å². The molecule has 0 aliphatic rings. The molecule has 5 heteroatoms. The highest BCUT2D eigenvalue weighted by Crippen LogP contribution is 2.37. The number of aromatic nitrogens is 3. The molecule has 0 saturated carbocycles. The predicted molar refractivity (Wildman–Crippen MR) is 171 cm³/mol. The normalized spacial score (nSPS) is 11.5. The van der Waals surface area contributed by atoms with Crippen LogP contribution in [0.1, 0.15) is 0 Å². The minimum Gasteiger partial charge on any atom is -0.456 e. The van der Waals surface area contributed by atoms with E-state index in [2.05, 4.69) is 66.7 Å². The third-order valence-electron chi connectivity index (χ3n) is 7.59. The van der Waals surface area contributed by atoms with Crippen LogP contribution in [0.4, 0.5) is 0 Å². The molecule has 0 saturated heterocycles. The fraction of sp³-hybridized carbons (Fsp3) is 0. The molecule has 0 amide bonds. The number of furan rings is 1. The Balaban J connectivity index is 1.34. The molecule has 0 fully saturated rings. The molecule has 42 heavy (non-hydrogen) atoms. The number of halogens is 1. The highest BCUT2D eigenvalue weighted by atomic mass is 35.5. The summed E-state index contributed by atoms with van der Waals surface area (Å²) in [7, 11) is 0. The Morgan fingerprint density at radius 1 is 0.452 bits per heavy atom. The van der Waals surface area contributed by atoms with Crippen LogP contribution in [0.5, 0.6) is 0 Å². The Morgan fingerprint density at radius 2 is 1.12 bits per heavy atom. The van der Waals surface area contributed by atoms with Crippen molar-refractivity contribution in [3.8, 4) is 45.3 Å². The van der Waals surface area contributed by atoms with Gasteiger partial charge in [0.2, 0.25) is 0 Å². The van der Waals surface area contributed by atoms with Crippen LogP contribution >= 0.6 is 11.6 Å². The molecule has 198 valence electrons. The second kappa shape index (κ2) is 9.95. The smallest absolute Gasteiger partial charge is 0.164 e. The van der Waals surface area contributed by atoms with E-state index in [4.69, 9.17) is 31.0 Å². The van der Waals surface area contributed by atoms with E-state index >= 15 is 0 Å². The Hall–Kier alpha value is -5.32. The van der Waals surface area contributed by atoms with Crippen LogP contribution in [0.15, 0.2) is 138 Å². The van der Waals surface area contributed by atoms with E-state index in [-0.39, 0.29) is 0 Å². The van der Waals surface area contributed by atoms with E-state index in [1.165, 1.54) is 5.39 Å². The maximum absolute atomic E-state index is 6.28. The number of benzene rings is 6. The number of fused-ring (bicyclic) bond motifs is 4. The first-order valence-electron chi connectivity index (χ1n) is 13.7. The van der Waals surface area contributed by atoms with Crippen molar-refractivity contribution in [1.29, 1.82) is 0 Å². The molecule has 8 aromatic rings. The average Bonchev–Trinajstić information content (AvgIpc) is 3.42. The van der Waals surface area contributed by atoms with Crippen molar-refractivity contribution in [3.63, 3.8) is 0 Å². The van der Waals surface area contributed by atoms with Crippen molar-refractivity contribution in [1.82, 2.24) is 15.0 Å². The molecule has 2 aromatic heterocycles. The van der Waals surface area contributed by atoms with Crippen molar-refractivity contribution in [2.45, 2.75) is 0 Å². The topological polar surface area (TPSA) is 51.8 Å². The molecule has 0 unspecified atom stereocenters. The Kier molecular flexibility index (Phi) is 5.80. The van der Waals surface area contributed by atoms with Gasteiger partial charge in [0.15, 0.2) is 17.5 Å². The maximum atomic E-state index is 6.28. The largest absolute Gasteiger partial charge is 0.456 e. The van der Waals surface area contributed by atoms with Crippen LogP contribution in [0.25, 0.3) is 78.0 Å². The summed E-state index contributed by atoms with van der Waals surface area (Å²) < 4.78 is 6.17. The van der Waals surface area contributed by atoms with Gasteiger partial charge in [0.1, 0.15) is 11.2 Å². The van der Waals surface area contributed by atoms with Crippen molar-refractivity contribution in [3.05, 3.63) is 138 Å². The molecule has 0 aliphatic heterocycles. The summed E-state index contributed by atoms with van der Waals surface area (Å²) in [6.07, 6.45) is 0. The molecule has 0 radical (unpaired) electrons. The summed E-state index contributed by atoms with van der Waals surface area (Å²) in [5, 5.41) is 4.84. The van der Waals surface area contributed by atoms with E-state index < -0.39 is 0 Å². The Morgan fingerprint density at radius 3 is 1.95 bits per heavy atom. The molecule has 6 aromatic carbocycles. The van der Waals surface area contributed by atoms with Crippen LogP contribution in [0.2, 0.25) is 5.02 Å². The summed E-state index contributed by atoms with van der Waals surface area (Å²) in [6, 6.07) is 45.0. The van der Waals surface area contributed by atoms with Gasteiger partial charge in [0.05, 0.1) is 0 Å². The van der Waals surface area contributed by atoms with E-state index in [1.54, 1.807) is 0 Å². The molecule has 0 bridgehead atoms. The van der Waals surface area contributed by atoms with Gasteiger partial charge in [-0.05, 0) is 46.2 Å². The van der Waals surface area contributed by atoms with Gasteiger partial charge >= 0.3 is 0 Å². The van der Waals surface area contributed by atoms with E-state index in [0.717, 1.165) is 55.1 Å². The van der Waals surface area contributed by atoms with Crippen LogP contribution in [-0.4, -0.2) is 15.0 Å². The van der Waals surface area contributed by atoms with Gasteiger partial charge in [-0.2, -0.15) is 0 Å². The molecule has 0 N–H and O–H groups in total. The van der Waals surface area contributed by atoms with Crippen molar-refractivity contribution in [2.75, 3.05) is 0 Å². The van der Waals surface area contributed by atoms with Gasteiger partial charge in [0, 0.05) is 38.6 Å². The summed E-state index contributed by atoms with van der Waals surface area (Å²) in [5.74, 6) is 1.80. The lowest BCUT2D eigenvalue weighted by atomic mass is 10.0. The average molecular weight is 560 g/mol.